The third-order valence-corrected chi connectivity index (χ3v) is 2.97. The molecule has 2 atom stereocenters. The summed E-state index contributed by atoms with van der Waals surface area (Å²) in [6, 6.07) is 8.49. The van der Waals surface area contributed by atoms with Gasteiger partial charge in [0.1, 0.15) is 0 Å². The first-order chi connectivity index (χ1) is 7.54. The molecule has 2 heteroatoms. The number of rotatable bonds is 5. The Bertz CT molecular complexity index is 305. The Morgan fingerprint density at radius 3 is 2.12 bits per heavy atom. The summed E-state index contributed by atoms with van der Waals surface area (Å²) in [5.41, 5.74) is 7.97. The van der Waals surface area contributed by atoms with Crippen molar-refractivity contribution in [1.29, 1.82) is 0 Å². The van der Waals surface area contributed by atoms with Crippen LogP contribution >= 0.6 is 0 Å². The van der Waals surface area contributed by atoms with Crippen LogP contribution in [0.25, 0.3) is 0 Å². The molecule has 1 rings (SSSR count). The molecule has 1 aromatic rings. The van der Waals surface area contributed by atoms with Crippen molar-refractivity contribution in [2.75, 3.05) is 6.54 Å². The molecule has 0 radical (unpaired) electrons. The van der Waals surface area contributed by atoms with Crippen molar-refractivity contribution in [3.05, 3.63) is 35.4 Å². The van der Waals surface area contributed by atoms with E-state index in [9.17, 15) is 5.11 Å². The Morgan fingerprint density at radius 1 is 1.12 bits per heavy atom. The molecule has 90 valence electrons. The first kappa shape index (κ1) is 13.2. The second-order valence-electron chi connectivity index (χ2n) is 4.93. The maximum absolute atomic E-state index is 9.67. The van der Waals surface area contributed by atoms with Gasteiger partial charge in [-0.1, -0.05) is 45.0 Å². The average molecular weight is 221 g/mol. The predicted molar refractivity (Wildman–Crippen MR) is 68.5 cm³/mol. The van der Waals surface area contributed by atoms with Crippen molar-refractivity contribution < 1.29 is 5.11 Å². The minimum atomic E-state index is -0.448. The molecule has 3 N–H and O–H groups in total. The van der Waals surface area contributed by atoms with Gasteiger partial charge in [-0.3, -0.25) is 0 Å². The molecule has 0 spiro atoms. The lowest BCUT2D eigenvalue weighted by Crippen LogP contribution is -2.25. The van der Waals surface area contributed by atoms with Crippen molar-refractivity contribution in [2.45, 2.75) is 39.2 Å². The Hall–Kier alpha value is -0.860. The fourth-order valence-corrected chi connectivity index (χ4v) is 1.85. The van der Waals surface area contributed by atoms with Crippen LogP contribution in [0.3, 0.4) is 0 Å². The zero-order valence-corrected chi connectivity index (χ0v) is 10.5. The quantitative estimate of drug-likeness (QED) is 0.801. The molecule has 0 fully saturated rings. The van der Waals surface area contributed by atoms with Crippen molar-refractivity contribution in [1.82, 2.24) is 0 Å². The summed E-state index contributed by atoms with van der Waals surface area (Å²) < 4.78 is 0. The van der Waals surface area contributed by atoms with E-state index in [1.54, 1.807) is 0 Å². The second-order valence-corrected chi connectivity index (χ2v) is 4.93. The zero-order chi connectivity index (χ0) is 12.1. The average Bonchev–Trinajstić information content (AvgIpc) is 2.27. The fraction of sp³-hybridized carbons (Fsp3) is 0.571. The normalized spacial score (nSPS) is 15.1. The Kier molecular flexibility index (Phi) is 4.97. The molecular formula is C14H23NO. The highest BCUT2D eigenvalue weighted by atomic mass is 16.3. The summed E-state index contributed by atoms with van der Waals surface area (Å²) in [5.74, 6) is 0.788. The van der Waals surface area contributed by atoms with E-state index in [-0.39, 0.29) is 5.92 Å². The molecule has 0 bridgehead atoms. The molecule has 16 heavy (non-hydrogen) atoms. The highest BCUT2D eigenvalue weighted by Crippen LogP contribution is 2.20. The van der Waals surface area contributed by atoms with Gasteiger partial charge in [0.15, 0.2) is 0 Å². The van der Waals surface area contributed by atoms with Crippen molar-refractivity contribution in [3.8, 4) is 0 Å². The SMILES string of the molecule is CC(C)Cc1ccc(C(C)C(O)CN)cc1. The molecule has 0 aliphatic heterocycles. The highest BCUT2D eigenvalue weighted by molar-refractivity contribution is 5.26. The predicted octanol–water partition coefficient (Wildman–Crippen LogP) is 2.31. The van der Waals surface area contributed by atoms with Gasteiger partial charge in [-0.25, -0.2) is 0 Å². The van der Waals surface area contributed by atoms with Crippen LogP contribution in [0, 0.1) is 5.92 Å². The maximum atomic E-state index is 9.67. The van der Waals surface area contributed by atoms with Crippen LogP contribution in [-0.4, -0.2) is 17.8 Å². The minimum absolute atomic E-state index is 0.109. The number of nitrogens with two attached hydrogens (primary N) is 1. The van der Waals surface area contributed by atoms with Gasteiger partial charge in [0.05, 0.1) is 6.10 Å². The molecule has 0 aliphatic rings. The van der Waals surface area contributed by atoms with Crippen LogP contribution in [0.5, 0.6) is 0 Å². The van der Waals surface area contributed by atoms with Crippen LogP contribution in [0.4, 0.5) is 0 Å². The lowest BCUT2D eigenvalue weighted by atomic mass is 9.93. The maximum Gasteiger partial charge on any atom is 0.0728 e. The van der Waals surface area contributed by atoms with E-state index in [1.165, 1.54) is 5.56 Å². The van der Waals surface area contributed by atoms with E-state index >= 15 is 0 Å². The topological polar surface area (TPSA) is 46.2 Å². The molecule has 0 saturated heterocycles. The van der Waals surface area contributed by atoms with Gasteiger partial charge in [0, 0.05) is 12.5 Å². The minimum Gasteiger partial charge on any atom is -0.391 e. The largest absolute Gasteiger partial charge is 0.391 e. The Balaban J connectivity index is 2.70. The summed E-state index contributed by atoms with van der Waals surface area (Å²) >= 11 is 0. The standard InChI is InChI=1S/C14H23NO/c1-10(2)8-12-4-6-13(7-5-12)11(3)14(16)9-15/h4-7,10-11,14,16H,8-9,15H2,1-3H3. The molecule has 1 aromatic carbocycles. The molecule has 0 heterocycles. The molecular weight excluding hydrogens is 198 g/mol. The van der Waals surface area contributed by atoms with Gasteiger partial charge in [-0.2, -0.15) is 0 Å². The lowest BCUT2D eigenvalue weighted by molar-refractivity contribution is 0.157. The molecule has 0 amide bonds. The number of benzene rings is 1. The zero-order valence-electron chi connectivity index (χ0n) is 10.5. The van der Waals surface area contributed by atoms with Crippen molar-refractivity contribution >= 4 is 0 Å². The molecule has 0 saturated carbocycles. The number of aliphatic hydroxyl groups is 1. The number of aliphatic hydroxyl groups excluding tert-OH is 1. The van der Waals surface area contributed by atoms with Gasteiger partial charge in [0.2, 0.25) is 0 Å². The van der Waals surface area contributed by atoms with Crippen molar-refractivity contribution in [2.24, 2.45) is 11.7 Å². The summed E-state index contributed by atoms with van der Waals surface area (Å²) in [7, 11) is 0. The number of hydrogen-bond donors (Lipinski definition) is 2. The highest BCUT2D eigenvalue weighted by Gasteiger charge is 2.14. The Morgan fingerprint density at radius 2 is 1.69 bits per heavy atom. The van der Waals surface area contributed by atoms with E-state index in [0.717, 1.165) is 12.0 Å². The summed E-state index contributed by atoms with van der Waals surface area (Å²) in [6.07, 6.45) is 0.657. The van der Waals surface area contributed by atoms with Crippen LogP contribution in [0.2, 0.25) is 0 Å². The third-order valence-electron chi connectivity index (χ3n) is 2.97. The van der Waals surface area contributed by atoms with E-state index in [4.69, 9.17) is 5.73 Å². The second kappa shape index (κ2) is 6.02. The summed E-state index contributed by atoms with van der Waals surface area (Å²) in [4.78, 5) is 0. The molecule has 2 nitrogen and oxygen atoms in total. The van der Waals surface area contributed by atoms with E-state index < -0.39 is 6.10 Å². The molecule has 0 aliphatic carbocycles. The first-order valence-corrected chi connectivity index (χ1v) is 6.01. The van der Waals surface area contributed by atoms with Crippen LogP contribution in [0.1, 0.15) is 37.8 Å². The van der Waals surface area contributed by atoms with Crippen LogP contribution < -0.4 is 5.73 Å². The molecule has 0 aromatic heterocycles. The van der Waals surface area contributed by atoms with Gasteiger partial charge in [-0.05, 0) is 23.5 Å². The molecule has 2 unspecified atom stereocenters. The van der Waals surface area contributed by atoms with E-state index in [0.29, 0.717) is 12.5 Å². The Labute approximate surface area is 98.5 Å². The summed E-state index contributed by atoms with van der Waals surface area (Å²) in [5, 5.41) is 9.67. The van der Waals surface area contributed by atoms with Gasteiger partial charge < -0.3 is 10.8 Å². The van der Waals surface area contributed by atoms with E-state index in [2.05, 4.69) is 38.1 Å². The van der Waals surface area contributed by atoms with E-state index in [1.807, 2.05) is 6.92 Å². The van der Waals surface area contributed by atoms with Gasteiger partial charge in [-0.15, -0.1) is 0 Å². The number of hydrogen-bond acceptors (Lipinski definition) is 2. The monoisotopic (exact) mass is 221 g/mol. The first-order valence-electron chi connectivity index (χ1n) is 6.01. The van der Waals surface area contributed by atoms with Crippen LogP contribution in [0.15, 0.2) is 24.3 Å². The smallest absolute Gasteiger partial charge is 0.0728 e. The van der Waals surface area contributed by atoms with Crippen molar-refractivity contribution in [3.63, 3.8) is 0 Å². The van der Waals surface area contributed by atoms with Gasteiger partial charge >= 0.3 is 0 Å². The van der Waals surface area contributed by atoms with Crippen LogP contribution in [-0.2, 0) is 6.42 Å². The fourth-order valence-electron chi connectivity index (χ4n) is 1.85. The lowest BCUT2D eigenvalue weighted by Gasteiger charge is -2.18. The summed E-state index contributed by atoms with van der Waals surface area (Å²) in [6.45, 7) is 6.76. The van der Waals surface area contributed by atoms with Gasteiger partial charge in [0.25, 0.3) is 0 Å². The third kappa shape index (κ3) is 3.62.